The molecule has 1 N–H and O–H groups in total. The van der Waals surface area contributed by atoms with Crippen LogP contribution in [-0.4, -0.2) is 23.9 Å². The molecule has 1 aromatic heterocycles. The third kappa shape index (κ3) is 3.34. The van der Waals surface area contributed by atoms with Gasteiger partial charge in [-0.3, -0.25) is 9.78 Å². The van der Waals surface area contributed by atoms with Crippen LogP contribution in [0.5, 0.6) is 0 Å². The fraction of sp³-hybridized carbons (Fsp3) is 0.667. The number of carbonyl (C=O) groups excluding carboxylic acids is 1. The highest BCUT2D eigenvalue weighted by atomic mass is 16.1. The van der Waals surface area contributed by atoms with Crippen molar-refractivity contribution in [2.45, 2.75) is 51.4 Å². The number of hydrogen-bond donors (Lipinski definition) is 1. The summed E-state index contributed by atoms with van der Waals surface area (Å²) in [7, 11) is 0. The van der Waals surface area contributed by atoms with Crippen LogP contribution >= 0.6 is 0 Å². The van der Waals surface area contributed by atoms with E-state index in [1.54, 1.807) is 0 Å². The van der Waals surface area contributed by atoms with E-state index in [9.17, 15) is 4.79 Å². The number of nitrogens with zero attached hydrogens (tertiary/aromatic N) is 1. The fourth-order valence-electron chi connectivity index (χ4n) is 3.91. The van der Waals surface area contributed by atoms with Crippen LogP contribution in [0.1, 0.15) is 56.2 Å². The molecule has 3 unspecified atom stereocenters. The van der Waals surface area contributed by atoms with E-state index in [4.69, 9.17) is 0 Å². The van der Waals surface area contributed by atoms with Crippen LogP contribution in [0.2, 0.25) is 0 Å². The molecule has 1 saturated heterocycles. The van der Waals surface area contributed by atoms with Crippen LogP contribution in [0.15, 0.2) is 18.3 Å². The zero-order valence-electron chi connectivity index (χ0n) is 13.0. The van der Waals surface area contributed by atoms with Gasteiger partial charge in [0.15, 0.2) is 0 Å². The number of pyridine rings is 1. The fourth-order valence-corrected chi connectivity index (χ4v) is 3.91. The maximum Gasteiger partial charge on any atom is 0.142 e. The first-order chi connectivity index (χ1) is 10.3. The molecule has 0 bridgehead atoms. The lowest BCUT2D eigenvalue weighted by atomic mass is 9.78. The van der Waals surface area contributed by atoms with E-state index < -0.39 is 0 Å². The topological polar surface area (TPSA) is 42.0 Å². The van der Waals surface area contributed by atoms with Crippen molar-refractivity contribution < 1.29 is 4.79 Å². The number of piperidine rings is 1. The average molecular weight is 286 g/mol. The summed E-state index contributed by atoms with van der Waals surface area (Å²) >= 11 is 0. The third-order valence-electron chi connectivity index (χ3n) is 5.25. The number of carbonyl (C=O) groups is 1. The highest BCUT2D eigenvalue weighted by Gasteiger charge is 2.30. The van der Waals surface area contributed by atoms with Crippen molar-refractivity contribution >= 4 is 5.78 Å². The molecule has 21 heavy (non-hydrogen) atoms. The molecule has 1 aliphatic heterocycles. The van der Waals surface area contributed by atoms with Gasteiger partial charge in [-0.1, -0.05) is 13.0 Å². The summed E-state index contributed by atoms with van der Waals surface area (Å²) < 4.78 is 0. The smallest absolute Gasteiger partial charge is 0.142 e. The summed E-state index contributed by atoms with van der Waals surface area (Å²) in [6.45, 7) is 4.46. The molecule has 0 spiro atoms. The normalized spacial score (nSPS) is 26.9. The van der Waals surface area contributed by atoms with Gasteiger partial charge in [0, 0.05) is 12.6 Å². The van der Waals surface area contributed by atoms with Crippen molar-refractivity contribution in [1.29, 1.82) is 0 Å². The number of aromatic nitrogens is 1. The summed E-state index contributed by atoms with van der Waals surface area (Å²) in [6, 6.07) is 4.12. The maximum atomic E-state index is 12.8. The molecule has 0 radical (unpaired) electrons. The van der Waals surface area contributed by atoms with Gasteiger partial charge in [0.25, 0.3) is 0 Å². The largest absolute Gasteiger partial charge is 0.316 e. The van der Waals surface area contributed by atoms with E-state index in [0.29, 0.717) is 24.0 Å². The average Bonchev–Trinajstić information content (AvgIpc) is 2.55. The lowest BCUT2D eigenvalue weighted by Crippen LogP contribution is -2.34. The molecule has 3 atom stereocenters. The second-order valence-corrected chi connectivity index (χ2v) is 6.75. The Bertz CT molecular complexity index is 494. The molecule has 2 heterocycles. The highest BCUT2D eigenvalue weighted by Crippen LogP contribution is 2.33. The molecule has 114 valence electrons. The SMILES string of the molecule is CC(CC(=O)C1CCCc2cccnc21)C1CCCNC1. The Hall–Kier alpha value is -1.22. The van der Waals surface area contributed by atoms with Crippen LogP contribution in [-0.2, 0) is 11.2 Å². The van der Waals surface area contributed by atoms with Crippen molar-refractivity contribution in [3.8, 4) is 0 Å². The quantitative estimate of drug-likeness (QED) is 0.925. The summed E-state index contributed by atoms with van der Waals surface area (Å²) in [4.78, 5) is 17.3. The molecule has 3 rings (SSSR count). The van der Waals surface area contributed by atoms with Crippen LogP contribution < -0.4 is 5.32 Å². The molecule has 0 amide bonds. The van der Waals surface area contributed by atoms with Crippen LogP contribution in [0.4, 0.5) is 0 Å². The Kier molecular flexibility index (Phi) is 4.69. The van der Waals surface area contributed by atoms with E-state index in [0.717, 1.165) is 38.0 Å². The Morgan fingerprint density at radius 3 is 3.14 bits per heavy atom. The number of aryl methyl sites for hydroxylation is 1. The van der Waals surface area contributed by atoms with E-state index in [1.165, 1.54) is 18.4 Å². The molecular weight excluding hydrogens is 260 g/mol. The number of Topliss-reactive ketones (excluding diaryl/α,β-unsaturated/α-hetero) is 1. The van der Waals surface area contributed by atoms with Crippen molar-refractivity contribution in [1.82, 2.24) is 10.3 Å². The minimum absolute atomic E-state index is 0.0500. The van der Waals surface area contributed by atoms with E-state index in [-0.39, 0.29) is 5.92 Å². The van der Waals surface area contributed by atoms with Gasteiger partial charge < -0.3 is 5.32 Å². The molecule has 2 aliphatic rings. The van der Waals surface area contributed by atoms with Gasteiger partial charge in [0.1, 0.15) is 5.78 Å². The predicted octanol–water partition coefficient (Wildman–Crippen LogP) is 3.10. The van der Waals surface area contributed by atoms with Crippen molar-refractivity contribution in [2.75, 3.05) is 13.1 Å². The van der Waals surface area contributed by atoms with Crippen LogP contribution in [0.25, 0.3) is 0 Å². The van der Waals surface area contributed by atoms with Gasteiger partial charge in [-0.25, -0.2) is 0 Å². The van der Waals surface area contributed by atoms with Gasteiger partial charge >= 0.3 is 0 Å². The Labute approximate surface area is 127 Å². The van der Waals surface area contributed by atoms with Gasteiger partial charge in [-0.15, -0.1) is 0 Å². The minimum Gasteiger partial charge on any atom is -0.316 e. The minimum atomic E-state index is 0.0500. The Morgan fingerprint density at radius 1 is 1.43 bits per heavy atom. The summed E-state index contributed by atoms with van der Waals surface area (Å²) in [5.41, 5.74) is 2.34. The Morgan fingerprint density at radius 2 is 2.33 bits per heavy atom. The molecule has 1 aliphatic carbocycles. The monoisotopic (exact) mass is 286 g/mol. The van der Waals surface area contributed by atoms with Gasteiger partial charge in [-0.2, -0.15) is 0 Å². The first-order valence-corrected chi connectivity index (χ1v) is 8.43. The lowest BCUT2D eigenvalue weighted by Gasteiger charge is -2.30. The first-order valence-electron chi connectivity index (χ1n) is 8.43. The molecule has 0 aromatic carbocycles. The molecule has 1 fully saturated rings. The first kappa shape index (κ1) is 14.7. The number of rotatable bonds is 4. The van der Waals surface area contributed by atoms with Crippen LogP contribution in [0.3, 0.4) is 0 Å². The number of ketones is 1. The summed E-state index contributed by atoms with van der Waals surface area (Å²) in [6.07, 6.45) is 8.24. The molecule has 1 aromatic rings. The van der Waals surface area contributed by atoms with Gasteiger partial charge in [-0.05, 0) is 68.7 Å². The van der Waals surface area contributed by atoms with Crippen molar-refractivity contribution in [3.63, 3.8) is 0 Å². The Balaban J connectivity index is 1.66. The zero-order valence-corrected chi connectivity index (χ0v) is 13.0. The molecule has 3 heteroatoms. The van der Waals surface area contributed by atoms with Gasteiger partial charge in [0.2, 0.25) is 0 Å². The van der Waals surface area contributed by atoms with Crippen molar-refractivity contribution in [2.24, 2.45) is 11.8 Å². The number of nitrogens with one attached hydrogen (secondary N) is 1. The molecular formula is C18H26N2O. The number of hydrogen-bond acceptors (Lipinski definition) is 3. The third-order valence-corrected chi connectivity index (χ3v) is 5.25. The summed E-state index contributed by atoms with van der Waals surface area (Å²) in [5, 5.41) is 3.46. The van der Waals surface area contributed by atoms with E-state index in [1.807, 2.05) is 12.3 Å². The second kappa shape index (κ2) is 6.69. The predicted molar refractivity (Wildman–Crippen MR) is 84.3 cm³/mol. The van der Waals surface area contributed by atoms with Gasteiger partial charge in [0.05, 0.1) is 11.6 Å². The van der Waals surface area contributed by atoms with Crippen molar-refractivity contribution in [3.05, 3.63) is 29.6 Å². The zero-order chi connectivity index (χ0) is 14.7. The standard InChI is InChI=1S/C18H26N2O/c1-13(15-7-3-9-19-12-15)11-17(21)16-8-2-5-14-6-4-10-20-18(14)16/h4,6,10,13,15-16,19H,2-3,5,7-9,11-12H2,1H3. The highest BCUT2D eigenvalue weighted by molar-refractivity contribution is 5.86. The molecule has 3 nitrogen and oxygen atoms in total. The second-order valence-electron chi connectivity index (χ2n) is 6.75. The lowest BCUT2D eigenvalue weighted by molar-refractivity contribution is -0.122. The van der Waals surface area contributed by atoms with Crippen LogP contribution in [0, 0.1) is 11.8 Å². The maximum absolute atomic E-state index is 12.8. The number of fused-ring (bicyclic) bond motifs is 1. The summed E-state index contributed by atoms with van der Waals surface area (Å²) in [5.74, 6) is 1.61. The molecule has 0 saturated carbocycles. The van der Waals surface area contributed by atoms with E-state index >= 15 is 0 Å². The van der Waals surface area contributed by atoms with E-state index in [2.05, 4.69) is 23.3 Å².